The molecule has 1 aromatic carbocycles. The summed E-state index contributed by atoms with van der Waals surface area (Å²) >= 11 is 0. The minimum Gasteiger partial charge on any atom is -0.497 e. The molecule has 1 aromatic heterocycles. The van der Waals surface area contributed by atoms with Crippen LogP contribution in [0, 0.1) is 0 Å². The SMILES string of the molecule is COc1cc(OC)cc(C(C)CC=Cc2ccncc2)c1. The molecule has 110 valence electrons. The van der Waals surface area contributed by atoms with Crippen molar-refractivity contribution in [1.29, 1.82) is 0 Å². The quantitative estimate of drug-likeness (QED) is 0.791. The van der Waals surface area contributed by atoms with Gasteiger partial charge in [0.15, 0.2) is 0 Å². The van der Waals surface area contributed by atoms with Crippen molar-refractivity contribution >= 4 is 6.08 Å². The van der Waals surface area contributed by atoms with Gasteiger partial charge in [-0.2, -0.15) is 0 Å². The lowest BCUT2D eigenvalue weighted by atomic mass is 9.97. The summed E-state index contributed by atoms with van der Waals surface area (Å²) in [5.74, 6) is 2.05. The molecular weight excluding hydrogens is 262 g/mol. The number of nitrogens with zero attached hydrogens (tertiary/aromatic N) is 1. The molecule has 0 radical (unpaired) electrons. The molecule has 0 saturated heterocycles. The molecule has 3 heteroatoms. The van der Waals surface area contributed by atoms with Crippen molar-refractivity contribution in [3.05, 3.63) is 59.9 Å². The molecular formula is C18H21NO2. The number of pyridine rings is 1. The van der Waals surface area contributed by atoms with Crippen molar-refractivity contribution in [3.63, 3.8) is 0 Å². The molecule has 0 aliphatic rings. The number of aromatic nitrogens is 1. The fraction of sp³-hybridized carbons (Fsp3) is 0.278. The van der Waals surface area contributed by atoms with Crippen LogP contribution in [-0.2, 0) is 0 Å². The number of rotatable bonds is 6. The van der Waals surface area contributed by atoms with E-state index in [4.69, 9.17) is 9.47 Å². The summed E-state index contributed by atoms with van der Waals surface area (Å²) in [6, 6.07) is 10.0. The smallest absolute Gasteiger partial charge is 0.122 e. The molecule has 0 fully saturated rings. The molecule has 1 atom stereocenters. The molecule has 0 bridgehead atoms. The first-order valence-corrected chi connectivity index (χ1v) is 7.02. The minimum absolute atomic E-state index is 0.395. The molecule has 2 rings (SSSR count). The maximum absolute atomic E-state index is 5.32. The third-order valence-electron chi connectivity index (χ3n) is 3.45. The molecule has 0 amide bonds. The third-order valence-corrected chi connectivity index (χ3v) is 3.45. The van der Waals surface area contributed by atoms with Crippen LogP contribution in [-0.4, -0.2) is 19.2 Å². The van der Waals surface area contributed by atoms with Crippen LogP contribution in [0.5, 0.6) is 11.5 Å². The van der Waals surface area contributed by atoms with E-state index in [1.807, 2.05) is 18.2 Å². The molecule has 0 saturated carbocycles. The fourth-order valence-corrected chi connectivity index (χ4v) is 2.13. The van der Waals surface area contributed by atoms with Gasteiger partial charge in [-0.1, -0.05) is 19.1 Å². The predicted molar refractivity (Wildman–Crippen MR) is 85.8 cm³/mol. The number of benzene rings is 1. The second-order valence-electron chi connectivity index (χ2n) is 4.97. The largest absolute Gasteiger partial charge is 0.497 e. The second kappa shape index (κ2) is 7.48. The van der Waals surface area contributed by atoms with E-state index in [0.717, 1.165) is 17.9 Å². The van der Waals surface area contributed by atoms with E-state index in [0.29, 0.717) is 5.92 Å². The Kier molecular flexibility index (Phi) is 5.38. The maximum Gasteiger partial charge on any atom is 0.122 e. The average Bonchev–Trinajstić information content (AvgIpc) is 2.55. The summed E-state index contributed by atoms with van der Waals surface area (Å²) < 4.78 is 10.6. The molecule has 0 spiro atoms. The van der Waals surface area contributed by atoms with E-state index in [9.17, 15) is 0 Å². The molecule has 21 heavy (non-hydrogen) atoms. The third kappa shape index (κ3) is 4.35. The summed E-state index contributed by atoms with van der Waals surface area (Å²) in [6.07, 6.45) is 8.87. The van der Waals surface area contributed by atoms with Gasteiger partial charge in [-0.3, -0.25) is 4.98 Å². The standard InChI is InChI=1S/C18H21NO2/c1-14(5-4-6-15-7-9-19-10-8-15)16-11-17(20-2)13-18(12-16)21-3/h4,6-14H,5H2,1-3H3. The van der Waals surface area contributed by atoms with Crippen LogP contribution in [0.15, 0.2) is 48.8 Å². The van der Waals surface area contributed by atoms with Gasteiger partial charge in [-0.25, -0.2) is 0 Å². The second-order valence-corrected chi connectivity index (χ2v) is 4.97. The predicted octanol–water partition coefficient (Wildman–Crippen LogP) is 4.31. The Balaban J connectivity index is 2.06. The molecule has 0 aliphatic carbocycles. The van der Waals surface area contributed by atoms with E-state index in [-0.39, 0.29) is 0 Å². The van der Waals surface area contributed by atoms with Crippen molar-refractivity contribution in [2.24, 2.45) is 0 Å². The zero-order valence-corrected chi connectivity index (χ0v) is 12.7. The van der Waals surface area contributed by atoms with E-state index in [1.54, 1.807) is 26.6 Å². The average molecular weight is 283 g/mol. The fourth-order valence-electron chi connectivity index (χ4n) is 2.13. The normalized spacial score (nSPS) is 12.3. The lowest BCUT2D eigenvalue weighted by Crippen LogP contribution is -1.95. The Morgan fingerprint density at radius 2 is 1.67 bits per heavy atom. The van der Waals surface area contributed by atoms with Crippen molar-refractivity contribution in [3.8, 4) is 11.5 Å². The molecule has 0 aliphatic heterocycles. The first kappa shape index (κ1) is 15.1. The van der Waals surface area contributed by atoms with Gasteiger partial charge in [-0.15, -0.1) is 0 Å². The number of allylic oxidation sites excluding steroid dienone is 1. The Hall–Kier alpha value is -2.29. The van der Waals surface area contributed by atoms with Gasteiger partial charge >= 0.3 is 0 Å². The molecule has 1 heterocycles. The lowest BCUT2D eigenvalue weighted by Gasteiger charge is -2.13. The van der Waals surface area contributed by atoms with Crippen LogP contribution in [0.3, 0.4) is 0 Å². The van der Waals surface area contributed by atoms with E-state index in [2.05, 4.69) is 36.2 Å². The van der Waals surface area contributed by atoms with Crippen LogP contribution in [0.1, 0.15) is 30.4 Å². The van der Waals surface area contributed by atoms with Crippen LogP contribution in [0.2, 0.25) is 0 Å². The first-order chi connectivity index (χ1) is 10.2. The Morgan fingerprint density at radius 3 is 2.24 bits per heavy atom. The van der Waals surface area contributed by atoms with Gasteiger partial charge < -0.3 is 9.47 Å². The number of ether oxygens (including phenoxy) is 2. The van der Waals surface area contributed by atoms with Crippen LogP contribution in [0.4, 0.5) is 0 Å². The maximum atomic E-state index is 5.32. The highest BCUT2D eigenvalue weighted by molar-refractivity contribution is 5.48. The Labute approximate surface area is 126 Å². The zero-order valence-electron chi connectivity index (χ0n) is 12.7. The number of hydrogen-bond donors (Lipinski definition) is 0. The van der Waals surface area contributed by atoms with E-state index < -0.39 is 0 Å². The molecule has 3 nitrogen and oxygen atoms in total. The highest BCUT2D eigenvalue weighted by Crippen LogP contribution is 2.29. The Morgan fingerprint density at radius 1 is 1.05 bits per heavy atom. The number of methoxy groups -OCH3 is 2. The van der Waals surface area contributed by atoms with Crippen LogP contribution in [0.25, 0.3) is 6.08 Å². The van der Waals surface area contributed by atoms with Gasteiger partial charge in [0.25, 0.3) is 0 Å². The van der Waals surface area contributed by atoms with Gasteiger partial charge in [0, 0.05) is 18.5 Å². The van der Waals surface area contributed by atoms with Crippen molar-refractivity contribution < 1.29 is 9.47 Å². The van der Waals surface area contributed by atoms with Crippen molar-refractivity contribution in [2.75, 3.05) is 14.2 Å². The van der Waals surface area contributed by atoms with E-state index >= 15 is 0 Å². The summed E-state index contributed by atoms with van der Waals surface area (Å²) in [5.41, 5.74) is 2.38. The summed E-state index contributed by atoms with van der Waals surface area (Å²) in [5, 5.41) is 0. The van der Waals surface area contributed by atoms with Crippen molar-refractivity contribution in [2.45, 2.75) is 19.3 Å². The van der Waals surface area contributed by atoms with Crippen molar-refractivity contribution in [1.82, 2.24) is 4.98 Å². The Bertz CT molecular complexity index is 571. The molecule has 0 N–H and O–H groups in total. The van der Waals surface area contributed by atoms with Gasteiger partial charge in [-0.05, 0) is 47.7 Å². The lowest BCUT2D eigenvalue weighted by molar-refractivity contribution is 0.393. The number of hydrogen-bond acceptors (Lipinski definition) is 3. The monoisotopic (exact) mass is 283 g/mol. The zero-order chi connectivity index (χ0) is 15.1. The highest BCUT2D eigenvalue weighted by atomic mass is 16.5. The van der Waals surface area contributed by atoms with Crippen LogP contribution < -0.4 is 9.47 Å². The van der Waals surface area contributed by atoms with E-state index in [1.165, 1.54) is 11.1 Å². The topological polar surface area (TPSA) is 31.4 Å². The molecule has 1 unspecified atom stereocenters. The summed E-state index contributed by atoms with van der Waals surface area (Å²) in [6.45, 7) is 2.20. The molecule has 2 aromatic rings. The summed E-state index contributed by atoms with van der Waals surface area (Å²) in [7, 11) is 3.35. The first-order valence-electron chi connectivity index (χ1n) is 7.02. The van der Waals surface area contributed by atoms with Gasteiger partial charge in [0.05, 0.1) is 14.2 Å². The highest BCUT2D eigenvalue weighted by Gasteiger charge is 2.08. The van der Waals surface area contributed by atoms with Crippen LogP contribution >= 0.6 is 0 Å². The summed E-state index contributed by atoms with van der Waals surface area (Å²) in [4.78, 5) is 4.01. The van der Waals surface area contributed by atoms with Gasteiger partial charge in [0.2, 0.25) is 0 Å². The minimum atomic E-state index is 0.395. The van der Waals surface area contributed by atoms with Gasteiger partial charge in [0.1, 0.15) is 11.5 Å².